The van der Waals surface area contributed by atoms with Crippen molar-refractivity contribution >= 4 is 40.4 Å². The molecule has 2 aromatic heterocycles. The molecule has 0 bridgehead atoms. The summed E-state index contributed by atoms with van der Waals surface area (Å²) in [6.45, 7) is 5.14. The number of hydrogen-bond acceptors (Lipinski definition) is 5. The Morgan fingerprint density at radius 1 is 1.07 bits per heavy atom. The first-order chi connectivity index (χ1) is 14.0. The molecule has 8 heteroatoms. The van der Waals surface area contributed by atoms with Crippen molar-refractivity contribution in [2.24, 2.45) is 5.92 Å². The molecule has 0 aromatic carbocycles. The Kier molecular flexibility index (Phi) is 7.44. The maximum Gasteiger partial charge on any atom is 0.263 e. The van der Waals surface area contributed by atoms with Gasteiger partial charge in [0.2, 0.25) is 5.91 Å². The number of thiophene rings is 2. The first-order valence-corrected chi connectivity index (χ1v) is 11.7. The minimum Gasteiger partial charge on any atom is -0.352 e. The Morgan fingerprint density at radius 2 is 1.69 bits per heavy atom. The Labute approximate surface area is 179 Å². The smallest absolute Gasteiger partial charge is 0.263 e. The predicted molar refractivity (Wildman–Crippen MR) is 116 cm³/mol. The van der Waals surface area contributed by atoms with Gasteiger partial charge in [-0.1, -0.05) is 19.1 Å². The summed E-state index contributed by atoms with van der Waals surface area (Å²) in [5.74, 6) is -0.328. The summed E-state index contributed by atoms with van der Waals surface area (Å²) in [6, 6.07) is 6.73. The molecule has 0 aliphatic carbocycles. The third-order valence-electron chi connectivity index (χ3n) is 5.35. The van der Waals surface area contributed by atoms with E-state index in [1.165, 1.54) is 22.7 Å². The molecule has 6 nitrogen and oxygen atoms in total. The highest BCUT2D eigenvalue weighted by molar-refractivity contribution is 7.12. The van der Waals surface area contributed by atoms with Crippen LogP contribution in [-0.2, 0) is 4.79 Å². The Balaban J connectivity index is 1.66. The van der Waals surface area contributed by atoms with Gasteiger partial charge in [-0.15, -0.1) is 22.7 Å². The van der Waals surface area contributed by atoms with Crippen LogP contribution in [0.25, 0.3) is 0 Å². The Hall–Kier alpha value is -2.19. The molecule has 3 amide bonds. The molecule has 0 radical (unpaired) electrons. The van der Waals surface area contributed by atoms with Gasteiger partial charge in [0.15, 0.2) is 0 Å². The topological polar surface area (TPSA) is 78.5 Å². The van der Waals surface area contributed by atoms with E-state index in [1.807, 2.05) is 47.7 Å². The van der Waals surface area contributed by atoms with E-state index in [0.29, 0.717) is 30.8 Å². The fourth-order valence-electron chi connectivity index (χ4n) is 3.44. The largest absolute Gasteiger partial charge is 0.352 e. The van der Waals surface area contributed by atoms with Gasteiger partial charge in [0.25, 0.3) is 11.8 Å². The summed E-state index contributed by atoms with van der Waals surface area (Å²) in [5.41, 5.74) is 0. The van der Waals surface area contributed by atoms with Crippen LogP contribution in [0.5, 0.6) is 0 Å². The minimum absolute atomic E-state index is 0.00430. The zero-order valence-electron chi connectivity index (χ0n) is 16.7. The fraction of sp³-hybridized carbons (Fsp3) is 0.476. The van der Waals surface area contributed by atoms with Crippen molar-refractivity contribution in [3.8, 4) is 0 Å². The monoisotopic (exact) mass is 433 g/mol. The SMILES string of the molecule is CC[C@@H](C)NC(=O)[C@H](NC(=O)c1cccs1)C1CCN(C(=O)c2cccs2)CC1. The van der Waals surface area contributed by atoms with Crippen LogP contribution in [0.2, 0.25) is 0 Å². The second-order valence-electron chi connectivity index (χ2n) is 7.35. The fourth-order valence-corrected chi connectivity index (χ4v) is 4.76. The van der Waals surface area contributed by atoms with E-state index in [4.69, 9.17) is 0 Å². The number of nitrogens with zero attached hydrogens (tertiary/aromatic N) is 1. The van der Waals surface area contributed by atoms with E-state index in [2.05, 4.69) is 10.6 Å². The Bertz CT molecular complexity index is 812. The molecule has 1 aliphatic heterocycles. The summed E-state index contributed by atoms with van der Waals surface area (Å²) in [4.78, 5) is 41.3. The van der Waals surface area contributed by atoms with Crippen molar-refractivity contribution < 1.29 is 14.4 Å². The van der Waals surface area contributed by atoms with E-state index in [1.54, 1.807) is 6.07 Å². The zero-order chi connectivity index (χ0) is 20.8. The molecule has 29 heavy (non-hydrogen) atoms. The van der Waals surface area contributed by atoms with Crippen molar-refractivity contribution in [2.75, 3.05) is 13.1 Å². The summed E-state index contributed by atoms with van der Waals surface area (Å²) < 4.78 is 0. The Morgan fingerprint density at radius 3 is 2.24 bits per heavy atom. The zero-order valence-corrected chi connectivity index (χ0v) is 18.4. The number of carbonyl (C=O) groups excluding carboxylic acids is 3. The van der Waals surface area contributed by atoms with Gasteiger partial charge in [-0.3, -0.25) is 14.4 Å². The maximum absolute atomic E-state index is 12.9. The van der Waals surface area contributed by atoms with Gasteiger partial charge in [0, 0.05) is 19.1 Å². The van der Waals surface area contributed by atoms with Crippen LogP contribution in [0.1, 0.15) is 52.5 Å². The average Bonchev–Trinajstić information content (AvgIpc) is 3.45. The maximum atomic E-state index is 12.9. The van der Waals surface area contributed by atoms with Gasteiger partial charge >= 0.3 is 0 Å². The van der Waals surface area contributed by atoms with Crippen LogP contribution in [0.4, 0.5) is 0 Å². The standard InChI is InChI=1S/C21H27N3O3S2/c1-3-14(2)22-20(26)18(23-19(25)16-6-4-12-28-16)15-8-10-24(11-9-15)21(27)17-7-5-13-29-17/h4-7,12-15,18H,3,8-11H2,1-2H3,(H,22,26)(H,23,25)/t14-,18-/m1/s1. The highest BCUT2D eigenvalue weighted by Gasteiger charge is 2.34. The average molecular weight is 434 g/mol. The first-order valence-electron chi connectivity index (χ1n) is 9.97. The summed E-state index contributed by atoms with van der Waals surface area (Å²) in [5, 5.41) is 9.70. The number of amides is 3. The van der Waals surface area contributed by atoms with E-state index >= 15 is 0 Å². The van der Waals surface area contributed by atoms with Crippen molar-refractivity contribution in [2.45, 2.75) is 45.2 Å². The number of carbonyl (C=O) groups is 3. The summed E-state index contributed by atoms with van der Waals surface area (Å²) in [7, 11) is 0. The van der Waals surface area contributed by atoms with E-state index in [0.717, 1.165) is 11.3 Å². The van der Waals surface area contributed by atoms with Gasteiger partial charge in [0.05, 0.1) is 9.75 Å². The summed E-state index contributed by atoms with van der Waals surface area (Å²) >= 11 is 2.80. The van der Waals surface area contributed by atoms with Crippen LogP contribution in [0.3, 0.4) is 0 Å². The van der Waals surface area contributed by atoms with Crippen molar-refractivity contribution in [3.05, 3.63) is 44.8 Å². The summed E-state index contributed by atoms with van der Waals surface area (Å²) in [6.07, 6.45) is 2.19. The molecular formula is C21H27N3O3S2. The van der Waals surface area contributed by atoms with Crippen LogP contribution in [0, 0.1) is 5.92 Å². The second-order valence-corrected chi connectivity index (χ2v) is 9.25. The third kappa shape index (κ3) is 5.45. The van der Waals surface area contributed by atoms with Crippen molar-refractivity contribution in [3.63, 3.8) is 0 Å². The lowest BCUT2D eigenvalue weighted by atomic mass is 9.88. The molecule has 2 aromatic rings. The third-order valence-corrected chi connectivity index (χ3v) is 7.07. The molecule has 1 saturated heterocycles. The van der Waals surface area contributed by atoms with Crippen LogP contribution in [-0.4, -0.2) is 47.8 Å². The lowest BCUT2D eigenvalue weighted by Gasteiger charge is -2.36. The number of nitrogens with one attached hydrogen (secondary N) is 2. The number of hydrogen-bond donors (Lipinski definition) is 2. The van der Waals surface area contributed by atoms with E-state index < -0.39 is 6.04 Å². The van der Waals surface area contributed by atoms with Crippen LogP contribution in [0.15, 0.2) is 35.0 Å². The van der Waals surface area contributed by atoms with Gasteiger partial charge in [-0.25, -0.2) is 0 Å². The molecule has 1 fully saturated rings. The quantitative estimate of drug-likeness (QED) is 0.703. The molecule has 2 N–H and O–H groups in total. The van der Waals surface area contributed by atoms with Gasteiger partial charge in [0.1, 0.15) is 6.04 Å². The van der Waals surface area contributed by atoms with Gasteiger partial charge in [-0.2, -0.15) is 0 Å². The van der Waals surface area contributed by atoms with E-state index in [-0.39, 0.29) is 29.7 Å². The molecule has 1 aliphatic rings. The number of likely N-dealkylation sites (tertiary alicyclic amines) is 1. The molecule has 0 unspecified atom stereocenters. The minimum atomic E-state index is -0.599. The van der Waals surface area contributed by atoms with Crippen LogP contribution >= 0.6 is 22.7 Å². The molecule has 0 saturated carbocycles. The molecule has 156 valence electrons. The lowest BCUT2D eigenvalue weighted by molar-refractivity contribution is -0.125. The highest BCUT2D eigenvalue weighted by atomic mass is 32.1. The van der Waals surface area contributed by atoms with Gasteiger partial charge in [-0.05, 0) is 55.0 Å². The van der Waals surface area contributed by atoms with Gasteiger partial charge < -0.3 is 15.5 Å². The highest BCUT2D eigenvalue weighted by Crippen LogP contribution is 2.24. The lowest BCUT2D eigenvalue weighted by Crippen LogP contribution is -2.55. The number of piperidine rings is 1. The molecule has 2 atom stereocenters. The molecule has 0 spiro atoms. The molecule has 3 rings (SSSR count). The second kappa shape index (κ2) is 10.0. The van der Waals surface area contributed by atoms with Crippen molar-refractivity contribution in [1.29, 1.82) is 0 Å². The van der Waals surface area contributed by atoms with E-state index in [9.17, 15) is 14.4 Å². The van der Waals surface area contributed by atoms with Crippen LogP contribution < -0.4 is 10.6 Å². The number of rotatable bonds is 7. The van der Waals surface area contributed by atoms with Crippen molar-refractivity contribution in [1.82, 2.24) is 15.5 Å². The normalized spacial score (nSPS) is 16.8. The molecule has 3 heterocycles. The predicted octanol–water partition coefficient (Wildman–Crippen LogP) is 3.38. The first kappa shape index (κ1) is 21.5. The molecular weight excluding hydrogens is 406 g/mol.